The monoisotopic (exact) mass is 260 g/mol. The van der Waals surface area contributed by atoms with Crippen LogP contribution in [0.4, 0.5) is 0 Å². The van der Waals surface area contributed by atoms with Crippen LogP contribution in [0.5, 0.6) is 0 Å². The number of rotatable bonds is 5. The summed E-state index contributed by atoms with van der Waals surface area (Å²) in [5.41, 5.74) is 0. The van der Waals surface area contributed by atoms with Crippen molar-refractivity contribution in [1.29, 1.82) is 0 Å². The number of thioether (sulfide) groups is 1. The van der Waals surface area contributed by atoms with Gasteiger partial charge in [-0.3, -0.25) is 0 Å². The van der Waals surface area contributed by atoms with E-state index in [9.17, 15) is 8.42 Å². The molecule has 0 heterocycles. The van der Waals surface area contributed by atoms with Crippen LogP contribution in [0.15, 0.2) is 34.1 Å². The van der Waals surface area contributed by atoms with E-state index in [1.807, 2.05) is 6.92 Å². The third-order valence-electron chi connectivity index (χ3n) is 2.12. The predicted octanol–water partition coefficient (Wildman–Crippen LogP) is 1.95. The maximum Gasteiger partial charge on any atom is 0.175 e. The van der Waals surface area contributed by atoms with Gasteiger partial charge in [-0.2, -0.15) is 0 Å². The molecule has 1 aromatic carbocycles. The lowest BCUT2D eigenvalue weighted by molar-refractivity contribution is 0.289. The fraction of sp³-hybridized carbons (Fsp3) is 0.455. The van der Waals surface area contributed by atoms with Crippen molar-refractivity contribution in [1.82, 2.24) is 0 Å². The molecule has 0 amide bonds. The minimum atomic E-state index is -3.11. The Morgan fingerprint density at radius 2 is 1.88 bits per heavy atom. The van der Waals surface area contributed by atoms with Crippen LogP contribution in [-0.4, -0.2) is 31.6 Å². The van der Waals surface area contributed by atoms with E-state index in [1.54, 1.807) is 36.0 Å². The highest BCUT2D eigenvalue weighted by atomic mass is 32.2. The number of aliphatic hydroxyl groups is 1. The maximum absolute atomic E-state index is 11.2. The summed E-state index contributed by atoms with van der Waals surface area (Å²) in [6.07, 6.45) is 1.93. The van der Waals surface area contributed by atoms with E-state index in [0.29, 0.717) is 10.1 Å². The molecular formula is C11H16O3S2. The molecule has 1 N–H and O–H groups in total. The lowest BCUT2D eigenvalue weighted by atomic mass is 10.3. The second-order valence-electron chi connectivity index (χ2n) is 3.68. The average Bonchev–Trinajstić information content (AvgIpc) is 2.17. The molecule has 1 unspecified atom stereocenters. The van der Waals surface area contributed by atoms with Crippen molar-refractivity contribution in [3.63, 3.8) is 0 Å². The van der Waals surface area contributed by atoms with Crippen molar-refractivity contribution in [2.24, 2.45) is 0 Å². The first kappa shape index (κ1) is 13.5. The fourth-order valence-electron chi connectivity index (χ4n) is 1.24. The highest BCUT2D eigenvalue weighted by Crippen LogP contribution is 2.25. The number of hydrogen-bond acceptors (Lipinski definition) is 4. The predicted molar refractivity (Wildman–Crippen MR) is 66.6 cm³/mol. The van der Waals surface area contributed by atoms with Gasteiger partial charge in [0.2, 0.25) is 0 Å². The van der Waals surface area contributed by atoms with E-state index < -0.39 is 9.84 Å². The van der Waals surface area contributed by atoms with Gasteiger partial charge in [0.05, 0.1) is 4.90 Å². The Morgan fingerprint density at radius 1 is 1.31 bits per heavy atom. The molecule has 0 aliphatic carbocycles. The van der Waals surface area contributed by atoms with Crippen LogP contribution in [0.2, 0.25) is 0 Å². The van der Waals surface area contributed by atoms with E-state index in [4.69, 9.17) is 5.11 Å². The quantitative estimate of drug-likeness (QED) is 0.822. The maximum atomic E-state index is 11.2. The van der Waals surface area contributed by atoms with E-state index in [2.05, 4.69) is 0 Å². The van der Waals surface area contributed by atoms with Crippen molar-refractivity contribution >= 4 is 21.6 Å². The molecule has 5 heteroatoms. The molecule has 0 bridgehead atoms. The number of aliphatic hydroxyl groups excluding tert-OH is 1. The Kier molecular flexibility index (Phi) is 4.83. The van der Waals surface area contributed by atoms with Crippen LogP contribution in [0.1, 0.15) is 13.3 Å². The van der Waals surface area contributed by atoms with Gasteiger partial charge >= 0.3 is 0 Å². The standard InChI is InChI=1S/C11H16O3S2/c1-9(7-8-12)15-10-3-5-11(6-4-10)16(2,13)14/h3-6,9,12H,7-8H2,1-2H3. The smallest absolute Gasteiger partial charge is 0.175 e. The Balaban J connectivity index is 2.72. The number of hydrogen-bond donors (Lipinski definition) is 1. The molecule has 1 atom stereocenters. The van der Waals surface area contributed by atoms with Crippen molar-refractivity contribution in [2.75, 3.05) is 12.9 Å². The molecule has 0 saturated heterocycles. The highest BCUT2D eigenvalue weighted by Gasteiger charge is 2.08. The first-order valence-corrected chi connectivity index (χ1v) is 7.78. The van der Waals surface area contributed by atoms with Gasteiger partial charge < -0.3 is 5.11 Å². The van der Waals surface area contributed by atoms with Crippen molar-refractivity contribution < 1.29 is 13.5 Å². The molecule has 1 rings (SSSR count). The molecule has 3 nitrogen and oxygen atoms in total. The third-order valence-corrected chi connectivity index (χ3v) is 4.44. The van der Waals surface area contributed by atoms with Crippen LogP contribution in [-0.2, 0) is 9.84 Å². The summed E-state index contributed by atoms with van der Waals surface area (Å²) in [5.74, 6) is 0. The summed E-state index contributed by atoms with van der Waals surface area (Å²) >= 11 is 1.63. The molecule has 16 heavy (non-hydrogen) atoms. The van der Waals surface area contributed by atoms with E-state index in [1.165, 1.54) is 6.26 Å². The Hall–Kier alpha value is -0.520. The molecule has 0 aliphatic rings. The van der Waals surface area contributed by atoms with Gasteiger partial charge in [-0.25, -0.2) is 8.42 Å². The van der Waals surface area contributed by atoms with Crippen LogP contribution in [0.25, 0.3) is 0 Å². The summed E-state index contributed by atoms with van der Waals surface area (Å²) in [7, 11) is -3.11. The molecule has 0 radical (unpaired) electrons. The van der Waals surface area contributed by atoms with Crippen LogP contribution >= 0.6 is 11.8 Å². The van der Waals surface area contributed by atoms with E-state index in [-0.39, 0.29) is 6.61 Å². The van der Waals surface area contributed by atoms with E-state index in [0.717, 1.165) is 11.3 Å². The SMILES string of the molecule is CC(CCO)Sc1ccc(S(C)(=O)=O)cc1. The van der Waals surface area contributed by atoms with Crippen LogP contribution in [0.3, 0.4) is 0 Å². The molecule has 0 saturated carbocycles. The Morgan fingerprint density at radius 3 is 2.31 bits per heavy atom. The molecule has 0 fully saturated rings. The zero-order valence-electron chi connectivity index (χ0n) is 9.38. The minimum absolute atomic E-state index is 0.176. The summed E-state index contributed by atoms with van der Waals surface area (Å²) in [5, 5.41) is 9.10. The molecule has 90 valence electrons. The molecular weight excluding hydrogens is 244 g/mol. The van der Waals surface area contributed by atoms with Crippen LogP contribution in [0, 0.1) is 0 Å². The highest BCUT2D eigenvalue weighted by molar-refractivity contribution is 8.00. The minimum Gasteiger partial charge on any atom is -0.396 e. The lowest BCUT2D eigenvalue weighted by Crippen LogP contribution is -1.99. The lowest BCUT2D eigenvalue weighted by Gasteiger charge is -2.09. The van der Waals surface area contributed by atoms with E-state index >= 15 is 0 Å². The van der Waals surface area contributed by atoms with Gasteiger partial charge in [0.15, 0.2) is 9.84 Å². The largest absolute Gasteiger partial charge is 0.396 e. The zero-order valence-corrected chi connectivity index (χ0v) is 11.0. The normalized spacial score (nSPS) is 13.7. The van der Waals surface area contributed by atoms with Gasteiger partial charge in [-0.05, 0) is 30.7 Å². The van der Waals surface area contributed by atoms with Crippen LogP contribution < -0.4 is 0 Å². The number of sulfone groups is 1. The Bertz CT molecular complexity index is 423. The van der Waals surface area contributed by atoms with Crippen molar-refractivity contribution in [3.8, 4) is 0 Å². The topological polar surface area (TPSA) is 54.4 Å². The average molecular weight is 260 g/mol. The van der Waals surface area contributed by atoms with Gasteiger partial charge in [0, 0.05) is 23.0 Å². The molecule has 0 aromatic heterocycles. The van der Waals surface area contributed by atoms with Crippen molar-refractivity contribution in [2.45, 2.75) is 28.4 Å². The van der Waals surface area contributed by atoms with Crippen molar-refractivity contribution in [3.05, 3.63) is 24.3 Å². The molecule has 0 aliphatic heterocycles. The second kappa shape index (κ2) is 5.70. The zero-order chi connectivity index (χ0) is 12.2. The third kappa shape index (κ3) is 4.15. The second-order valence-corrected chi connectivity index (χ2v) is 7.21. The van der Waals surface area contributed by atoms with Gasteiger partial charge in [-0.15, -0.1) is 11.8 Å². The van der Waals surface area contributed by atoms with Gasteiger partial charge in [0.1, 0.15) is 0 Å². The Labute approximate surface area is 101 Å². The summed E-state index contributed by atoms with van der Waals surface area (Å²) in [6.45, 7) is 2.21. The first-order valence-electron chi connectivity index (χ1n) is 5.01. The van der Waals surface area contributed by atoms with Gasteiger partial charge in [-0.1, -0.05) is 6.92 Å². The fourth-order valence-corrected chi connectivity index (χ4v) is 2.85. The number of benzene rings is 1. The first-order chi connectivity index (χ1) is 7.43. The molecule has 0 spiro atoms. The summed E-state index contributed by atoms with van der Waals surface area (Å²) in [6, 6.07) is 6.83. The summed E-state index contributed by atoms with van der Waals surface area (Å²) in [4.78, 5) is 1.36. The molecule has 1 aromatic rings. The summed E-state index contributed by atoms with van der Waals surface area (Å²) < 4.78 is 22.5. The van der Waals surface area contributed by atoms with Gasteiger partial charge in [0.25, 0.3) is 0 Å².